The van der Waals surface area contributed by atoms with Gasteiger partial charge in [-0.3, -0.25) is 4.68 Å². The SMILES string of the molecule is CN(C)c1ncc(CN[C@H]2C[C@@H](O)[C@@H]2n2cccn2)n1C. The van der Waals surface area contributed by atoms with Gasteiger partial charge in [0, 0.05) is 46.1 Å². The highest BCUT2D eigenvalue weighted by atomic mass is 16.3. The van der Waals surface area contributed by atoms with Gasteiger partial charge in [0.15, 0.2) is 0 Å². The zero-order valence-corrected chi connectivity index (χ0v) is 12.6. The fourth-order valence-corrected chi connectivity index (χ4v) is 2.88. The number of aliphatic hydroxyl groups excluding tert-OH is 1. The molecule has 2 N–H and O–H groups in total. The van der Waals surface area contributed by atoms with Crippen LogP contribution < -0.4 is 10.2 Å². The molecule has 0 spiro atoms. The maximum absolute atomic E-state index is 9.95. The monoisotopic (exact) mass is 290 g/mol. The van der Waals surface area contributed by atoms with Crippen molar-refractivity contribution in [3.05, 3.63) is 30.4 Å². The molecule has 0 aliphatic heterocycles. The predicted molar refractivity (Wildman–Crippen MR) is 80.1 cm³/mol. The minimum atomic E-state index is -0.328. The second-order valence-electron chi connectivity index (χ2n) is 5.77. The number of aliphatic hydroxyl groups is 1. The maximum atomic E-state index is 9.95. The summed E-state index contributed by atoms with van der Waals surface area (Å²) in [6.07, 6.45) is 5.96. The molecule has 2 aromatic rings. The molecular weight excluding hydrogens is 268 g/mol. The summed E-state index contributed by atoms with van der Waals surface area (Å²) in [7, 11) is 5.98. The Morgan fingerprint density at radius 1 is 1.48 bits per heavy atom. The number of aromatic nitrogens is 4. The van der Waals surface area contributed by atoms with E-state index in [-0.39, 0.29) is 18.2 Å². The van der Waals surface area contributed by atoms with Crippen LogP contribution in [0.1, 0.15) is 18.2 Å². The summed E-state index contributed by atoms with van der Waals surface area (Å²) in [5.41, 5.74) is 1.12. The van der Waals surface area contributed by atoms with Gasteiger partial charge in [-0.15, -0.1) is 0 Å². The molecule has 7 heteroatoms. The molecule has 21 heavy (non-hydrogen) atoms. The van der Waals surface area contributed by atoms with Crippen molar-refractivity contribution in [2.24, 2.45) is 7.05 Å². The third-order valence-corrected chi connectivity index (χ3v) is 4.14. The molecule has 1 fully saturated rings. The molecule has 2 heterocycles. The van der Waals surface area contributed by atoms with E-state index in [9.17, 15) is 5.11 Å². The highest BCUT2D eigenvalue weighted by Gasteiger charge is 2.41. The molecule has 1 saturated carbocycles. The van der Waals surface area contributed by atoms with E-state index in [1.807, 2.05) is 49.2 Å². The van der Waals surface area contributed by atoms with Crippen LogP contribution >= 0.6 is 0 Å². The van der Waals surface area contributed by atoms with E-state index in [1.54, 1.807) is 6.20 Å². The molecule has 3 atom stereocenters. The normalized spacial score (nSPS) is 24.9. The first-order valence-electron chi connectivity index (χ1n) is 7.16. The molecule has 1 aliphatic carbocycles. The van der Waals surface area contributed by atoms with Crippen molar-refractivity contribution < 1.29 is 5.11 Å². The highest BCUT2D eigenvalue weighted by molar-refractivity contribution is 5.31. The average molecular weight is 290 g/mol. The fraction of sp³-hybridized carbons (Fsp3) is 0.571. The molecule has 3 rings (SSSR count). The molecule has 0 bridgehead atoms. The first-order chi connectivity index (χ1) is 10.1. The number of nitrogens with zero attached hydrogens (tertiary/aromatic N) is 5. The number of hydrogen-bond donors (Lipinski definition) is 2. The largest absolute Gasteiger partial charge is 0.391 e. The smallest absolute Gasteiger partial charge is 0.204 e. The lowest BCUT2D eigenvalue weighted by Crippen LogP contribution is -2.54. The van der Waals surface area contributed by atoms with Crippen LogP contribution in [0.3, 0.4) is 0 Å². The van der Waals surface area contributed by atoms with E-state index in [0.29, 0.717) is 0 Å². The van der Waals surface area contributed by atoms with E-state index in [4.69, 9.17) is 0 Å². The Morgan fingerprint density at radius 2 is 2.29 bits per heavy atom. The van der Waals surface area contributed by atoms with E-state index < -0.39 is 0 Å². The lowest BCUT2D eigenvalue weighted by Gasteiger charge is -2.42. The van der Waals surface area contributed by atoms with Gasteiger partial charge in [-0.25, -0.2) is 4.98 Å². The van der Waals surface area contributed by atoms with Crippen molar-refractivity contribution in [2.75, 3.05) is 19.0 Å². The second-order valence-corrected chi connectivity index (χ2v) is 5.77. The Hall–Kier alpha value is -1.86. The van der Waals surface area contributed by atoms with E-state index in [0.717, 1.165) is 24.6 Å². The van der Waals surface area contributed by atoms with Crippen molar-refractivity contribution in [1.29, 1.82) is 0 Å². The van der Waals surface area contributed by atoms with Gasteiger partial charge in [-0.2, -0.15) is 5.10 Å². The van der Waals surface area contributed by atoms with Crippen LogP contribution in [-0.4, -0.2) is 50.7 Å². The molecule has 0 aromatic carbocycles. The minimum Gasteiger partial charge on any atom is -0.391 e. The van der Waals surface area contributed by atoms with Crippen LogP contribution in [0.25, 0.3) is 0 Å². The molecule has 2 aromatic heterocycles. The van der Waals surface area contributed by atoms with Crippen molar-refractivity contribution in [3.63, 3.8) is 0 Å². The molecule has 0 unspecified atom stereocenters. The van der Waals surface area contributed by atoms with Gasteiger partial charge in [0.2, 0.25) is 5.95 Å². The van der Waals surface area contributed by atoms with Gasteiger partial charge in [-0.05, 0) is 12.5 Å². The summed E-state index contributed by atoms with van der Waals surface area (Å²) in [6.45, 7) is 0.729. The topological polar surface area (TPSA) is 71.1 Å². The number of nitrogens with one attached hydrogen (secondary N) is 1. The highest BCUT2D eigenvalue weighted by Crippen LogP contribution is 2.32. The Bertz CT molecular complexity index is 591. The third-order valence-electron chi connectivity index (χ3n) is 4.14. The van der Waals surface area contributed by atoms with Gasteiger partial charge in [0.25, 0.3) is 0 Å². The van der Waals surface area contributed by atoms with Crippen molar-refractivity contribution >= 4 is 5.95 Å². The van der Waals surface area contributed by atoms with Gasteiger partial charge in [0.05, 0.1) is 24.0 Å². The summed E-state index contributed by atoms with van der Waals surface area (Å²) in [5.74, 6) is 0.934. The average Bonchev–Trinajstić information content (AvgIpc) is 3.04. The minimum absolute atomic E-state index is 0.0153. The van der Waals surface area contributed by atoms with Crippen molar-refractivity contribution in [1.82, 2.24) is 24.6 Å². The summed E-state index contributed by atoms with van der Waals surface area (Å²) >= 11 is 0. The Morgan fingerprint density at radius 3 is 2.86 bits per heavy atom. The third kappa shape index (κ3) is 2.54. The first-order valence-corrected chi connectivity index (χ1v) is 7.16. The van der Waals surface area contributed by atoms with Crippen LogP contribution in [0.4, 0.5) is 5.95 Å². The van der Waals surface area contributed by atoms with E-state index in [2.05, 4.69) is 20.0 Å². The number of anilines is 1. The van der Waals surface area contributed by atoms with E-state index >= 15 is 0 Å². The quantitative estimate of drug-likeness (QED) is 0.820. The number of hydrogen-bond acceptors (Lipinski definition) is 5. The lowest BCUT2D eigenvalue weighted by atomic mass is 9.83. The fourth-order valence-electron chi connectivity index (χ4n) is 2.88. The number of imidazole rings is 1. The van der Waals surface area contributed by atoms with E-state index in [1.165, 1.54) is 0 Å². The molecule has 0 amide bonds. The van der Waals surface area contributed by atoms with Gasteiger partial charge >= 0.3 is 0 Å². The Labute approximate surface area is 124 Å². The lowest BCUT2D eigenvalue weighted by molar-refractivity contribution is -0.00838. The van der Waals surface area contributed by atoms with Crippen molar-refractivity contribution in [3.8, 4) is 0 Å². The Balaban J connectivity index is 1.63. The summed E-state index contributed by atoms with van der Waals surface area (Å²) in [4.78, 5) is 6.39. The molecular formula is C14H22N6O. The zero-order valence-electron chi connectivity index (χ0n) is 12.6. The molecule has 0 saturated heterocycles. The first kappa shape index (κ1) is 14.1. The Kier molecular flexibility index (Phi) is 3.69. The second kappa shape index (κ2) is 5.50. The predicted octanol–water partition coefficient (Wildman–Crippen LogP) is 0.147. The maximum Gasteiger partial charge on any atom is 0.204 e. The summed E-state index contributed by atoms with van der Waals surface area (Å²) in [5, 5.41) is 17.7. The molecule has 1 aliphatic rings. The molecule has 0 radical (unpaired) electrons. The van der Waals surface area contributed by atoms with Crippen molar-refractivity contribution in [2.45, 2.75) is 31.2 Å². The van der Waals surface area contributed by atoms with Crippen LogP contribution in [0.15, 0.2) is 24.7 Å². The van der Waals surface area contributed by atoms with Gasteiger partial charge < -0.3 is 19.9 Å². The summed E-state index contributed by atoms with van der Waals surface area (Å²) < 4.78 is 3.91. The van der Waals surface area contributed by atoms with Crippen LogP contribution in [0.5, 0.6) is 0 Å². The molecule has 7 nitrogen and oxygen atoms in total. The van der Waals surface area contributed by atoms with Gasteiger partial charge in [0.1, 0.15) is 0 Å². The molecule has 114 valence electrons. The van der Waals surface area contributed by atoms with Crippen LogP contribution in [0.2, 0.25) is 0 Å². The van der Waals surface area contributed by atoms with Crippen LogP contribution in [0, 0.1) is 0 Å². The standard InChI is InChI=1S/C14H22N6O/c1-18(2)14-16-9-10(19(14)3)8-15-11-7-12(21)13(11)20-6-4-5-17-20/h4-6,9,11-13,15,21H,7-8H2,1-3H3/t11-,12+,13+/m0/s1. The zero-order chi connectivity index (χ0) is 15.0. The summed E-state index contributed by atoms with van der Waals surface area (Å²) in [6, 6.07) is 2.13. The van der Waals surface area contributed by atoms with Crippen LogP contribution in [-0.2, 0) is 13.6 Å². The number of rotatable bonds is 5. The van der Waals surface area contributed by atoms with Gasteiger partial charge in [-0.1, -0.05) is 0 Å².